The maximum absolute atomic E-state index is 11.9. The first-order chi connectivity index (χ1) is 9.78. The third-order valence-electron chi connectivity index (χ3n) is 2.47. The fourth-order valence-corrected chi connectivity index (χ4v) is 1.95. The molecule has 3 nitrogen and oxygen atoms in total. The summed E-state index contributed by atoms with van der Waals surface area (Å²) in [6.45, 7) is 3.40. The number of halogens is 4. The first kappa shape index (κ1) is 18.3. The average molecular weight is 370 g/mol. The van der Waals surface area contributed by atoms with Crippen molar-refractivity contribution < 1.29 is 22.6 Å². The van der Waals surface area contributed by atoms with E-state index in [9.17, 15) is 13.2 Å². The van der Waals surface area contributed by atoms with Gasteiger partial charge in [-0.1, -0.05) is 29.8 Å². The third-order valence-corrected chi connectivity index (χ3v) is 2.97. The summed E-state index contributed by atoms with van der Waals surface area (Å²) in [4.78, 5) is 0. The van der Waals surface area contributed by atoms with E-state index in [1.54, 1.807) is 6.07 Å². The Morgan fingerprint density at radius 1 is 1.24 bits per heavy atom. The van der Waals surface area contributed by atoms with Crippen molar-refractivity contribution in [2.45, 2.75) is 32.6 Å². The quantitative estimate of drug-likeness (QED) is 0.704. The van der Waals surface area contributed by atoms with Gasteiger partial charge in [0.15, 0.2) is 0 Å². The molecule has 0 bridgehead atoms. The maximum atomic E-state index is 11.9. The summed E-state index contributed by atoms with van der Waals surface area (Å²) in [5.74, 6) is 0.641. The fourth-order valence-electron chi connectivity index (χ4n) is 1.54. The molecule has 0 radical (unpaired) electrons. The monoisotopic (exact) mass is 369 g/mol. The van der Waals surface area contributed by atoms with Gasteiger partial charge in [0.1, 0.15) is 19.0 Å². The van der Waals surface area contributed by atoms with E-state index < -0.39 is 12.8 Å². The second-order valence-corrected chi connectivity index (χ2v) is 5.72. The molecule has 7 heteroatoms. The predicted octanol–water partition coefficient (Wildman–Crippen LogP) is 3.90. The summed E-state index contributed by atoms with van der Waals surface area (Å²) in [5.41, 5.74) is 0.939. The number of ether oxygens (including phenoxy) is 2. The van der Waals surface area contributed by atoms with Crippen LogP contribution in [-0.2, 0) is 11.3 Å². The molecule has 0 fully saturated rings. The van der Waals surface area contributed by atoms with E-state index in [1.165, 1.54) is 0 Å². The van der Waals surface area contributed by atoms with Gasteiger partial charge in [-0.3, -0.25) is 0 Å². The lowest BCUT2D eigenvalue weighted by Crippen LogP contribution is -2.22. The van der Waals surface area contributed by atoms with Gasteiger partial charge in [-0.05, 0) is 18.2 Å². The second kappa shape index (κ2) is 8.60. The smallest absolute Gasteiger partial charge is 0.411 e. The van der Waals surface area contributed by atoms with Crippen LogP contribution in [0.2, 0.25) is 0 Å². The SMILES string of the molecule is CC(C)NCc1cc(Br)ccc1OCCOCC(F)(F)F. The van der Waals surface area contributed by atoms with Crippen LogP contribution in [-0.4, -0.2) is 32.0 Å². The highest BCUT2D eigenvalue weighted by Crippen LogP contribution is 2.23. The van der Waals surface area contributed by atoms with Crippen LogP contribution in [0.1, 0.15) is 19.4 Å². The van der Waals surface area contributed by atoms with E-state index >= 15 is 0 Å². The van der Waals surface area contributed by atoms with E-state index in [0.717, 1.165) is 10.0 Å². The van der Waals surface area contributed by atoms with Crippen molar-refractivity contribution in [3.05, 3.63) is 28.2 Å². The summed E-state index contributed by atoms with van der Waals surface area (Å²) in [5, 5.41) is 3.27. The van der Waals surface area contributed by atoms with Crippen LogP contribution >= 0.6 is 15.9 Å². The van der Waals surface area contributed by atoms with Crippen molar-refractivity contribution >= 4 is 15.9 Å². The number of benzene rings is 1. The Morgan fingerprint density at radius 2 is 1.95 bits per heavy atom. The van der Waals surface area contributed by atoms with Gasteiger partial charge in [0.05, 0.1) is 6.61 Å². The van der Waals surface area contributed by atoms with Gasteiger partial charge < -0.3 is 14.8 Å². The van der Waals surface area contributed by atoms with Crippen LogP contribution in [0.25, 0.3) is 0 Å². The number of alkyl halides is 3. The van der Waals surface area contributed by atoms with E-state index in [2.05, 4.69) is 26.0 Å². The predicted molar refractivity (Wildman–Crippen MR) is 78.5 cm³/mol. The van der Waals surface area contributed by atoms with Crippen LogP contribution in [0.15, 0.2) is 22.7 Å². The largest absolute Gasteiger partial charge is 0.491 e. The van der Waals surface area contributed by atoms with Crippen LogP contribution in [0.5, 0.6) is 5.75 Å². The molecule has 0 saturated carbocycles. The Bertz CT molecular complexity index is 439. The number of rotatable bonds is 8. The van der Waals surface area contributed by atoms with Crippen LogP contribution in [0.3, 0.4) is 0 Å². The molecule has 0 aliphatic heterocycles. The number of nitrogens with one attached hydrogen (secondary N) is 1. The van der Waals surface area contributed by atoms with Crippen molar-refractivity contribution in [2.24, 2.45) is 0 Å². The highest BCUT2D eigenvalue weighted by molar-refractivity contribution is 9.10. The highest BCUT2D eigenvalue weighted by Gasteiger charge is 2.27. The zero-order chi connectivity index (χ0) is 15.9. The summed E-state index contributed by atoms with van der Waals surface area (Å²) in [6.07, 6.45) is -4.30. The standard InChI is InChI=1S/C14H19BrF3NO2/c1-10(2)19-8-11-7-12(15)3-4-13(11)21-6-5-20-9-14(16,17)18/h3-4,7,10,19H,5-6,8-9H2,1-2H3. The van der Waals surface area contributed by atoms with Gasteiger partial charge in [-0.15, -0.1) is 0 Å². The minimum absolute atomic E-state index is 0.0758. The Balaban J connectivity index is 2.46. The van der Waals surface area contributed by atoms with E-state index in [-0.39, 0.29) is 13.2 Å². The Hall–Kier alpha value is -0.790. The Kier molecular flexibility index (Phi) is 7.48. The van der Waals surface area contributed by atoms with Gasteiger partial charge >= 0.3 is 6.18 Å². The molecule has 0 atom stereocenters. The summed E-state index contributed by atoms with van der Waals surface area (Å²) >= 11 is 3.39. The van der Waals surface area contributed by atoms with Gasteiger partial charge in [0.2, 0.25) is 0 Å². The molecule has 0 aliphatic rings. The lowest BCUT2D eigenvalue weighted by atomic mass is 10.2. The van der Waals surface area contributed by atoms with Crippen molar-refractivity contribution in [2.75, 3.05) is 19.8 Å². The molecule has 21 heavy (non-hydrogen) atoms. The molecule has 0 heterocycles. The molecule has 0 aliphatic carbocycles. The maximum Gasteiger partial charge on any atom is 0.411 e. The van der Waals surface area contributed by atoms with Crippen LogP contribution in [0, 0.1) is 0 Å². The molecule has 120 valence electrons. The Morgan fingerprint density at radius 3 is 2.57 bits per heavy atom. The molecular weight excluding hydrogens is 351 g/mol. The summed E-state index contributed by atoms with van der Waals surface area (Å²) in [6, 6.07) is 5.85. The molecule has 0 saturated heterocycles. The molecule has 0 aromatic heterocycles. The lowest BCUT2D eigenvalue weighted by molar-refractivity contribution is -0.175. The molecular formula is C14H19BrF3NO2. The molecule has 1 aromatic rings. The lowest BCUT2D eigenvalue weighted by Gasteiger charge is -2.14. The average Bonchev–Trinajstić information content (AvgIpc) is 2.36. The van der Waals surface area contributed by atoms with Gasteiger partial charge in [0, 0.05) is 22.6 Å². The van der Waals surface area contributed by atoms with Crippen molar-refractivity contribution in [3.8, 4) is 5.75 Å². The zero-order valence-corrected chi connectivity index (χ0v) is 13.6. The number of hydrogen-bond donors (Lipinski definition) is 1. The highest BCUT2D eigenvalue weighted by atomic mass is 79.9. The normalized spacial score (nSPS) is 12.0. The van der Waals surface area contributed by atoms with Crippen molar-refractivity contribution in [3.63, 3.8) is 0 Å². The van der Waals surface area contributed by atoms with Crippen LogP contribution in [0.4, 0.5) is 13.2 Å². The molecule has 0 amide bonds. The van der Waals surface area contributed by atoms with E-state index in [0.29, 0.717) is 18.3 Å². The minimum atomic E-state index is -4.30. The first-order valence-corrected chi connectivity index (χ1v) is 7.36. The molecule has 1 rings (SSSR count). The number of hydrogen-bond acceptors (Lipinski definition) is 3. The van der Waals surface area contributed by atoms with Crippen molar-refractivity contribution in [1.29, 1.82) is 0 Å². The van der Waals surface area contributed by atoms with Gasteiger partial charge in [-0.2, -0.15) is 13.2 Å². The fraction of sp³-hybridized carbons (Fsp3) is 0.571. The third kappa shape index (κ3) is 8.28. The molecule has 0 unspecified atom stereocenters. The van der Waals surface area contributed by atoms with Gasteiger partial charge in [0.25, 0.3) is 0 Å². The van der Waals surface area contributed by atoms with Gasteiger partial charge in [-0.25, -0.2) is 0 Å². The van der Waals surface area contributed by atoms with E-state index in [4.69, 9.17) is 4.74 Å². The molecule has 0 spiro atoms. The topological polar surface area (TPSA) is 30.5 Å². The summed E-state index contributed by atoms with van der Waals surface area (Å²) in [7, 11) is 0. The Labute approximate surface area is 130 Å². The minimum Gasteiger partial charge on any atom is -0.491 e. The summed E-state index contributed by atoms with van der Waals surface area (Å²) < 4.78 is 46.6. The van der Waals surface area contributed by atoms with Crippen molar-refractivity contribution in [1.82, 2.24) is 5.32 Å². The zero-order valence-electron chi connectivity index (χ0n) is 12.0. The second-order valence-electron chi connectivity index (χ2n) is 4.80. The first-order valence-electron chi connectivity index (χ1n) is 6.57. The van der Waals surface area contributed by atoms with Crippen LogP contribution < -0.4 is 10.1 Å². The van der Waals surface area contributed by atoms with E-state index in [1.807, 2.05) is 26.0 Å². The molecule has 1 aromatic carbocycles. The molecule has 1 N–H and O–H groups in total.